The van der Waals surface area contributed by atoms with Crippen molar-refractivity contribution in [3.63, 3.8) is 0 Å². The molecule has 2 rings (SSSR count). The fraction of sp³-hybridized carbons (Fsp3) is 0.632. The van der Waals surface area contributed by atoms with E-state index in [1.165, 1.54) is 11.1 Å². The van der Waals surface area contributed by atoms with Crippen LogP contribution in [-0.4, -0.2) is 57.3 Å². The molecule has 0 amide bonds. The summed E-state index contributed by atoms with van der Waals surface area (Å²) in [5, 5.41) is 6.96. The van der Waals surface area contributed by atoms with E-state index in [0.717, 1.165) is 51.5 Å². The first-order chi connectivity index (χ1) is 11.6. The minimum absolute atomic E-state index is 0.136. The highest BCUT2D eigenvalue weighted by molar-refractivity contribution is 5.79. The average molecular weight is 332 g/mol. The molecule has 1 aliphatic rings. The number of nitrogens with zero attached hydrogens (tertiary/aromatic N) is 2. The zero-order valence-electron chi connectivity index (χ0n) is 15.6. The maximum Gasteiger partial charge on any atom is 0.191 e. The zero-order valence-corrected chi connectivity index (χ0v) is 15.6. The number of likely N-dealkylation sites (N-methyl/N-ethyl adjacent to an activating group) is 1. The summed E-state index contributed by atoms with van der Waals surface area (Å²) in [7, 11) is 6.13. The molecule has 1 aromatic carbocycles. The lowest BCUT2D eigenvalue weighted by atomic mass is 9.88. The minimum Gasteiger partial charge on any atom is -0.381 e. The molecular formula is C19H32N4O. The van der Waals surface area contributed by atoms with Gasteiger partial charge in [0.05, 0.1) is 0 Å². The van der Waals surface area contributed by atoms with Crippen molar-refractivity contribution in [1.82, 2.24) is 15.5 Å². The number of aliphatic imine (C=N–C) groups is 1. The predicted molar refractivity (Wildman–Crippen MR) is 100 cm³/mol. The maximum atomic E-state index is 5.54. The van der Waals surface area contributed by atoms with E-state index in [2.05, 4.69) is 65.8 Å². The quantitative estimate of drug-likeness (QED) is 0.618. The number of aryl methyl sites for hydroxylation is 1. The predicted octanol–water partition coefficient (Wildman–Crippen LogP) is 2.02. The molecule has 0 aliphatic carbocycles. The van der Waals surface area contributed by atoms with Gasteiger partial charge in [-0.25, -0.2) is 0 Å². The van der Waals surface area contributed by atoms with Crippen LogP contribution < -0.4 is 10.6 Å². The summed E-state index contributed by atoms with van der Waals surface area (Å²) in [5.74, 6) is 0.855. The molecule has 2 N–H and O–H groups in total. The SMILES string of the molecule is CCc1ccccc1CNC(=NC)NCC1(N(C)C)CCOCC1. The van der Waals surface area contributed by atoms with E-state index >= 15 is 0 Å². The first kappa shape index (κ1) is 18.7. The van der Waals surface area contributed by atoms with Crippen molar-refractivity contribution in [1.29, 1.82) is 0 Å². The highest BCUT2D eigenvalue weighted by Crippen LogP contribution is 2.25. The van der Waals surface area contributed by atoms with Crippen LogP contribution in [0.5, 0.6) is 0 Å². The van der Waals surface area contributed by atoms with E-state index in [1.807, 2.05) is 7.05 Å². The van der Waals surface area contributed by atoms with Gasteiger partial charge in [0.1, 0.15) is 0 Å². The number of benzene rings is 1. The molecule has 1 heterocycles. The van der Waals surface area contributed by atoms with Gasteiger partial charge in [-0.1, -0.05) is 31.2 Å². The Morgan fingerprint density at radius 2 is 1.83 bits per heavy atom. The standard InChI is InChI=1S/C19H32N4O/c1-5-16-8-6-7-9-17(16)14-21-18(20-2)22-15-19(23(3)4)10-12-24-13-11-19/h6-9H,5,10-15H2,1-4H3,(H2,20,21,22). The van der Waals surface area contributed by atoms with E-state index in [0.29, 0.717) is 0 Å². The van der Waals surface area contributed by atoms with Crippen molar-refractivity contribution in [2.24, 2.45) is 4.99 Å². The number of nitrogens with one attached hydrogen (secondary N) is 2. The number of guanidine groups is 1. The van der Waals surface area contributed by atoms with Gasteiger partial charge in [-0.3, -0.25) is 4.99 Å². The molecule has 5 nitrogen and oxygen atoms in total. The van der Waals surface area contributed by atoms with Gasteiger partial charge in [0.2, 0.25) is 0 Å². The van der Waals surface area contributed by atoms with Crippen molar-refractivity contribution in [3.05, 3.63) is 35.4 Å². The molecular weight excluding hydrogens is 300 g/mol. The fourth-order valence-corrected chi connectivity index (χ4v) is 3.26. The Balaban J connectivity index is 1.92. The van der Waals surface area contributed by atoms with Crippen LogP contribution in [-0.2, 0) is 17.7 Å². The number of rotatable bonds is 6. The lowest BCUT2D eigenvalue weighted by Gasteiger charge is -2.43. The summed E-state index contributed by atoms with van der Waals surface area (Å²) in [4.78, 5) is 6.70. The van der Waals surface area contributed by atoms with Crippen molar-refractivity contribution in [3.8, 4) is 0 Å². The van der Waals surface area contributed by atoms with Crippen molar-refractivity contribution < 1.29 is 4.74 Å². The van der Waals surface area contributed by atoms with Crippen LogP contribution in [0.15, 0.2) is 29.3 Å². The van der Waals surface area contributed by atoms with Crippen LogP contribution in [0.25, 0.3) is 0 Å². The molecule has 1 aromatic rings. The molecule has 0 saturated carbocycles. The van der Waals surface area contributed by atoms with Gasteiger partial charge < -0.3 is 20.3 Å². The second-order valence-electron chi connectivity index (χ2n) is 6.63. The van der Waals surface area contributed by atoms with Gasteiger partial charge >= 0.3 is 0 Å². The third-order valence-corrected chi connectivity index (χ3v) is 5.13. The second-order valence-corrected chi connectivity index (χ2v) is 6.63. The molecule has 0 spiro atoms. The molecule has 1 aliphatic heterocycles. The van der Waals surface area contributed by atoms with E-state index in [9.17, 15) is 0 Å². The Labute approximate surface area is 146 Å². The molecule has 24 heavy (non-hydrogen) atoms. The van der Waals surface area contributed by atoms with Gasteiger partial charge in [-0.05, 0) is 44.5 Å². The molecule has 0 bridgehead atoms. The average Bonchev–Trinajstić information content (AvgIpc) is 2.62. The monoisotopic (exact) mass is 332 g/mol. The molecule has 0 aromatic heterocycles. The van der Waals surface area contributed by atoms with E-state index in [-0.39, 0.29) is 5.54 Å². The van der Waals surface area contributed by atoms with Crippen molar-refractivity contribution in [2.45, 2.75) is 38.3 Å². The Morgan fingerprint density at radius 1 is 1.17 bits per heavy atom. The van der Waals surface area contributed by atoms with Crippen LogP contribution in [0.2, 0.25) is 0 Å². The van der Waals surface area contributed by atoms with Gasteiger partial charge in [0.25, 0.3) is 0 Å². The highest BCUT2D eigenvalue weighted by Gasteiger charge is 2.34. The van der Waals surface area contributed by atoms with Crippen LogP contribution in [0.1, 0.15) is 30.9 Å². The molecule has 1 saturated heterocycles. The Hall–Kier alpha value is -1.59. The zero-order chi connectivity index (χ0) is 17.4. The first-order valence-electron chi connectivity index (χ1n) is 8.88. The van der Waals surface area contributed by atoms with E-state index < -0.39 is 0 Å². The van der Waals surface area contributed by atoms with Crippen LogP contribution in [0.4, 0.5) is 0 Å². The van der Waals surface area contributed by atoms with Crippen molar-refractivity contribution in [2.75, 3.05) is 40.9 Å². The smallest absolute Gasteiger partial charge is 0.191 e. The van der Waals surface area contributed by atoms with E-state index in [4.69, 9.17) is 4.74 Å². The summed E-state index contributed by atoms with van der Waals surface area (Å²) < 4.78 is 5.54. The third-order valence-electron chi connectivity index (χ3n) is 5.13. The molecule has 134 valence electrons. The lowest BCUT2D eigenvalue weighted by molar-refractivity contribution is -0.00501. The summed E-state index contributed by atoms with van der Waals surface area (Å²) >= 11 is 0. The van der Waals surface area contributed by atoms with E-state index in [1.54, 1.807) is 0 Å². The summed E-state index contributed by atoms with van der Waals surface area (Å²) in [6, 6.07) is 8.56. The fourth-order valence-electron chi connectivity index (χ4n) is 3.26. The maximum absolute atomic E-state index is 5.54. The minimum atomic E-state index is 0.136. The summed E-state index contributed by atoms with van der Waals surface area (Å²) in [6.07, 6.45) is 3.14. The Kier molecular flexibility index (Phi) is 7.06. The molecule has 1 fully saturated rings. The molecule has 0 unspecified atom stereocenters. The van der Waals surface area contributed by atoms with Gasteiger partial charge in [-0.15, -0.1) is 0 Å². The molecule has 5 heteroatoms. The second kappa shape index (κ2) is 9.04. The number of hydrogen-bond acceptors (Lipinski definition) is 3. The van der Waals surface area contributed by atoms with Gasteiger partial charge in [-0.2, -0.15) is 0 Å². The summed E-state index contributed by atoms with van der Waals surface area (Å²) in [6.45, 7) is 5.52. The first-order valence-corrected chi connectivity index (χ1v) is 8.88. The van der Waals surface area contributed by atoms with Crippen LogP contribution >= 0.6 is 0 Å². The molecule has 0 atom stereocenters. The van der Waals surface area contributed by atoms with Crippen LogP contribution in [0, 0.1) is 0 Å². The Bertz CT molecular complexity index is 536. The van der Waals surface area contributed by atoms with Crippen LogP contribution in [0.3, 0.4) is 0 Å². The number of hydrogen-bond donors (Lipinski definition) is 2. The topological polar surface area (TPSA) is 48.9 Å². The van der Waals surface area contributed by atoms with Crippen molar-refractivity contribution >= 4 is 5.96 Å². The normalized spacial score (nSPS) is 17.8. The summed E-state index contributed by atoms with van der Waals surface area (Å²) in [5.41, 5.74) is 2.85. The number of ether oxygens (including phenoxy) is 1. The lowest BCUT2D eigenvalue weighted by Crippen LogP contribution is -2.57. The van der Waals surface area contributed by atoms with Gasteiger partial charge in [0.15, 0.2) is 5.96 Å². The Morgan fingerprint density at radius 3 is 2.42 bits per heavy atom. The van der Waals surface area contributed by atoms with Gasteiger partial charge in [0, 0.05) is 38.9 Å². The third kappa shape index (κ3) is 4.71. The molecule has 0 radical (unpaired) electrons. The highest BCUT2D eigenvalue weighted by atomic mass is 16.5. The largest absolute Gasteiger partial charge is 0.381 e.